The Hall–Kier alpha value is -3.54. The number of nitrogens with zero attached hydrogens (tertiary/aromatic N) is 2. The van der Waals surface area contributed by atoms with Gasteiger partial charge in [-0.05, 0) is 23.6 Å². The van der Waals surface area contributed by atoms with Crippen LogP contribution in [0.3, 0.4) is 0 Å². The smallest absolute Gasteiger partial charge is 0.337 e. The van der Waals surface area contributed by atoms with Crippen LogP contribution in [0, 0.1) is 0 Å². The van der Waals surface area contributed by atoms with Crippen molar-refractivity contribution >= 4 is 34.1 Å². The van der Waals surface area contributed by atoms with Crippen LogP contribution >= 0.6 is 0 Å². The van der Waals surface area contributed by atoms with E-state index in [1.807, 2.05) is 12.1 Å². The van der Waals surface area contributed by atoms with Gasteiger partial charge in [-0.15, -0.1) is 0 Å². The van der Waals surface area contributed by atoms with E-state index >= 15 is 0 Å². The van der Waals surface area contributed by atoms with Crippen LogP contribution in [0.1, 0.15) is 10.4 Å². The molecule has 3 aromatic carbocycles. The number of piperazine rings is 1. The van der Waals surface area contributed by atoms with Gasteiger partial charge in [-0.1, -0.05) is 48.5 Å². The number of amides is 2. The molecule has 3 aromatic rings. The number of urea groups is 1. The Balaban J connectivity index is 1.44. The van der Waals surface area contributed by atoms with E-state index in [9.17, 15) is 14.7 Å². The summed E-state index contributed by atoms with van der Waals surface area (Å²) in [7, 11) is 0. The summed E-state index contributed by atoms with van der Waals surface area (Å²) in [6.07, 6.45) is 0. The molecule has 2 N–H and O–H groups in total. The highest BCUT2D eigenvalue weighted by atomic mass is 16.4. The predicted octanol–water partition coefficient (Wildman–Crippen LogP) is 3.89. The van der Waals surface area contributed by atoms with E-state index in [4.69, 9.17) is 0 Å². The van der Waals surface area contributed by atoms with Gasteiger partial charge in [-0.3, -0.25) is 0 Å². The molecule has 2 amide bonds. The lowest BCUT2D eigenvalue weighted by atomic mass is 10.1. The highest BCUT2D eigenvalue weighted by Crippen LogP contribution is 2.27. The van der Waals surface area contributed by atoms with Crippen LogP contribution in [0.5, 0.6) is 0 Å². The fourth-order valence-corrected chi connectivity index (χ4v) is 3.61. The van der Waals surface area contributed by atoms with Crippen LogP contribution in [0.2, 0.25) is 0 Å². The van der Waals surface area contributed by atoms with Gasteiger partial charge in [0.05, 0.1) is 11.3 Å². The number of rotatable bonds is 3. The second-order valence-corrected chi connectivity index (χ2v) is 6.75. The van der Waals surface area contributed by atoms with Gasteiger partial charge in [0, 0.05) is 37.3 Å². The molecule has 1 aliphatic heterocycles. The molecule has 6 nitrogen and oxygen atoms in total. The lowest BCUT2D eigenvalue weighted by molar-refractivity contribution is 0.0698. The first kappa shape index (κ1) is 17.9. The van der Waals surface area contributed by atoms with Crippen LogP contribution in [-0.2, 0) is 0 Å². The summed E-state index contributed by atoms with van der Waals surface area (Å²) >= 11 is 0. The minimum Gasteiger partial charge on any atom is -0.478 e. The monoisotopic (exact) mass is 375 g/mol. The molecule has 4 rings (SSSR count). The Bertz CT molecular complexity index is 1020. The summed E-state index contributed by atoms with van der Waals surface area (Å²) in [5.41, 5.74) is 1.58. The number of aromatic carboxylic acids is 1. The first-order chi connectivity index (χ1) is 13.6. The van der Waals surface area contributed by atoms with E-state index < -0.39 is 5.97 Å². The first-order valence-electron chi connectivity index (χ1n) is 9.24. The molecule has 0 aliphatic carbocycles. The van der Waals surface area contributed by atoms with Crippen molar-refractivity contribution in [3.63, 3.8) is 0 Å². The summed E-state index contributed by atoms with van der Waals surface area (Å²) in [5.74, 6) is -1.06. The Morgan fingerprint density at radius 1 is 0.821 bits per heavy atom. The van der Waals surface area contributed by atoms with Gasteiger partial charge >= 0.3 is 12.0 Å². The van der Waals surface area contributed by atoms with Gasteiger partial charge in [-0.25, -0.2) is 9.59 Å². The molecule has 1 saturated heterocycles. The zero-order chi connectivity index (χ0) is 19.5. The topological polar surface area (TPSA) is 72.9 Å². The van der Waals surface area contributed by atoms with E-state index in [0.717, 1.165) is 13.1 Å². The van der Waals surface area contributed by atoms with Crippen LogP contribution in [0.15, 0.2) is 66.7 Å². The number of fused-ring (bicyclic) bond motifs is 1. The molecule has 1 fully saturated rings. The van der Waals surface area contributed by atoms with E-state index in [0.29, 0.717) is 18.8 Å². The quantitative estimate of drug-likeness (QED) is 0.728. The third kappa shape index (κ3) is 3.49. The average Bonchev–Trinajstić information content (AvgIpc) is 2.73. The van der Waals surface area contributed by atoms with Gasteiger partial charge in [0.2, 0.25) is 0 Å². The SMILES string of the molecule is O=C(O)c1ccccc1NC(=O)N1CCN(c2cccc3ccccc23)CC1. The lowest BCUT2D eigenvalue weighted by Crippen LogP contribution is -2.50. The zero-order valence-corrected chi connectivity index (χ0v) is 15.3. The summed E-state index contributed by atoms with van der Waals surface area (Å²) in [6.45, 7) is 2.60. The Morgan fingerprint density at radius 2 is 1.50 bits per heavy atom. The lowest BCUT2D eigenvalue weighted by Gasteiger charge is -2.36. The fourth-order valence-electron chi connectivity index (χ4n) is 3.61. The minimum absolute atomic E-state index is 0.0882. The predicted molar refractivity (Wildman–Crippen MR) is 110 cm³/mol. The first-order valence-corrected chi connectivity index (χ1v) is 9.24. The number of carbonyl (C=O) groups excluding carboxylic acids is 1. The molecular formula is C22H21N3O3. The van der Waals surface area contributed by atoms with Crippen molar-refractivity contribution in [3.05, 3.63) is 72.3 Å². The van der Waals surface area contributed by atoms with Crippen LogP contribution in [0.25, 0.3) is 10.8 Å². The summed E-state index contributed by atoms with van der Waals surface area (Å²) < 4.78 is 0. The minimum atomic E-state index is -1.06. The van der Waals surface area contributed by atoms with Crippen molar-refractivity contribution in [3.8, 4) is 0 Å². The van der Waals surface area contributed by atoms with Crippen molar-refractivity contribution in [2.75, 3.05) is 36.4 Å². The summed E-state index contributed by atoms with van der Waals surface area (Å²) in [5, 5.41) is 14.4. The zero-order valence-electron chi connectivity index (χ0n) is 15.3. The molecule has 0 atom stereocenters. The molecule has 0 saturated carbocycles. The molecule has 1 heterocycles. The largest absolute Gasteiger partial charge is 0.478 e. The Morgan fingerprint density at radius 3 is 2.29 bits per heavy atom. The number of benzene rings is 3. The van der Waals surface area contributed by atoms with Crippen LogP contribution in [-0.4, -0.2) is 48.2 Å². The van der Waals surface area contributed by atoms with Gasteiger partial charge in [0.15, 0.2) is 0 Å². The number of carbonyl (C=O) groups is 2. The van der Waals surface area contributed by atoms with Crippen molar-refractivity contribution < 1.29 is 14.7 Å². The number of hydrogen-bond acceptors (Lipinski definition) is 3. The molecule has 0 spiro atoms. The molecule has 0 unspecified atom stereocenters. The molecular weight excluding hydrogens is 354 g/mol. The maximum absolute atomic E-state index is 12.6. The highest BCUT2D eigenvalue weighted by Gasteiger charge is 2.23. The van der Waals surface area contributed by atoms with Crippen molar-refractivity contribution in [1.82, 2.24) is 4.90 Å². The van der Waals surface area contributed by atoms with E-state index in [1.165, 1.54) is 22.5 Å². The number of anilines is 2. The summed E-state index contributed by atoms with van der Waals surface area (Å²) in [6, 6.07) is 20.7. The number of nitrogens with one attached hydrogen (secondary N) is 1. The molecule has 142 valence electrons. The van der Waals surface area contributed by atoms with E-state index in [-0.39, 0.29) is 11.6 Å². The second kappa shape index (κ2) is 7.60. The molecule has 0 radical (unpaired) electrons. The third-order valence-corrected chi connectivity index (χ3v) is 5.07. The van der Waals surface area contributed by atoms with Gasteiger partial charge in [0.25, 0.3) is 0 Å². The third-order valence-electron chi connectivity index (χ3n) is 5.07. The van der Waals surface area contributed by atoms with E-state index in [2.05, 4.69) is 40.5 Å². The standard InChI is InChI=1S/C22H21N3O3/c26-21(27)18-9-3-4-10-19(18)23-22(28)25-14-12-24(13-15-25)20-11-5-7-16-6-1-2-8-17(16)20/h1-11H,12-15H2,(H,23,28)(H,26,27). The number of carboxylic acid groups (broad SMARTS) is 1. The highest BCUT2D eigenvalue weighted by molar-refractivity contribution is 6.00. The fraction of sp³-hybridized carbons (Fsp3) is 0.182. The molecule has 1 aliphatic rings. The molecule has 28 heavy (non-hydrogen) atoms. The molecule has 6 heteroatoms. The molecule has 0 aromatic heterocycles. The van der Waals surface area contributed by atoms with Crippen molar-refractivity contribution in [2.24, 2.45) is 0 Å². The van der Waals surface area contributed by atoms with Gasteiger partial charge in [0.1, 0.15) is 0 Å². The second-order valence-electron chi connectivity index (χ2n) is 6.75. The van der Waals surface area contributed by atoms with E-state index in [1.54, 1.807) is 23.1 Å². The number of para-hydroxylation sites is 1. The van der Waals surface area contributed by atoms with Crippen LogP contribution in [0.4, 0.5) is 16.2 Å². The Kier molecular flexibility index (Phi) is 4.85. The van der Waals surface area contributed by atoms with Gasteiger partial charge < -0.3 is 20.2 Å². The Labute approximate surface area is 163 Å². The maximum Gasteiger partial charge on any atom is 0.337 e. The number of hydrogen-bond donors (Lipinski definition) is 2. The summed E-state index contributed by atoms with van der Waals surface area (Å²) in [4.78, 5) is 27.9. The molecule has 0 bridgehead atoms. The van der Waals surface area contributed by atoms with Crippen molar-refractivity contribution in [2.45, 2.75) is 0 Å². The van der Waals surface area contributed by atoms with Crippen LogP contribution < -0.4 is 10.2 Å². The van der Waals surface area contributed by atoms with Crippen molar-refractivity contribution in [1.29, 1.82) is 0 Å². The number of carboxylic acids is 1. The van der Waals surface area contributed by atoms with Gasteiger partial charge in [-0.2, -0.15) is 0 Å². The average molecular weight is 375 g/mol. The maximum atomic E-state index is 12.6. The normalized spacial score (nSPS) is 14.1.